The second kappa shape index (κ2) is 8.18. The highest BCUT2D eigenvalue weighted by atomic mass is 16.1. The Morgan fingerprint density at radius 2 is 1.86 bits per heavy atom. The lowest BCUT2D eigenvalue weighted by Gasteiger charge is -2.22. The van der Waals surface area contributed by atoms with Crippen LogP contribution >= 0.6 is 0 Å². The van der Waals surface area contributed by atoms with E-state index in [2.05, 4.69) is 57.3 Å². The Morgan fingerprint density at radius 1 is 1.24 bits per heavy atom. The number of carbonyl (C=O) groups excluding carboxylic acids is 1. The molecule has 1 amide bonds. The lowest BCUT2D eigenvalue weighted by Crippen LogP contribution is -2.34. The van der Waals surface area contributed by atoms with Gasteiger partial charge in [0.15, 0.2) is 0 Å². The van der Waals surface area contributed by atoms with E-state index in [9.17, 15) is 4.79 Å². The molecule has 118 valence electrons. The molecule has 0 aromatic heterocycles. The van der Waals surface area contributed by atoms with Crippen LogP contribution in [0.15, 0.2) is 30.3 Å². The SMILES string of the molecule is CC(CCNC(=O)CC(N)CC(C)(C)C)c1ccccc1. The number of nitrogens with two attached hydrogens (primary N) is 1. The minimum absolute atomic E-state index is 0.0588. The Balaban J connectivity index is 2.25. The fraction of sp³-hybridized carbons (Fsp3) is 0.611. The Bertz CT molecular complexity index is 423. The zero-order chi connectivity index (χ0) is 15.9. The predicted molar refractivity (Wildman–Crippen MR) is 89.1 cm³/mol. The molecule has 3 N–H and O–H groups in total. The van der Waals surface area contributed by atoms with E-state index in [0.717, 1.165) is 12.8 Å². The van der Waals surface area contributed by atoms with Crippen molar-refractivity contribution in [2.75, 3.05) is 6.54 Å². The smallest absolute Gasteiger partial charge is 0.221 e. The highest BCUT2D eigenvalue weighted by Crippen LogP contribution is 2.21. The van der Waals surface area contributed by atoms with E-state index in [4.69, 9.17) is 5.73 Å². The van der Waals surface area contributed by atoms with Crippen molar-refractivity contribution in [1.29, 1.82) is 0 Å². The lowest BCUT2D eigenvalue weighted by atomic mass is 9.87. The average Bonchev–Trinajstić information content (AvgIpc) is 2.37. The molecule has 1 rings (SSSR count). The molecule has 0 fully saturated rings. The standard InChI is InChI=1S/C18H30N2O/c1-14(15-8-6-5-7-9-15)10-11-20-17(21)12-16(19)13-18(2,3)4/h5-9,14,16H,10-13,19H2,1-4H3,(H,20,21). The van der Waals surface area contributed by atoms with Crippen molar-refractivity contribution in [2.45, 2.75) is 58.9 Å². The molecule has 2 unspecified atom stereocenters. The van der Waals surface area contributed by atoms with Gasteiger partial charge in [0.25, 0.3) is 0 Å². The summed E-state index contributed by atoms with van der Waals surface area (Å²) in [5.74, 6) is 0.516. The van der Waals surface area contributed by atoms with Crippen LogP contribution in [0.2, 0.25) is 0 Å². The van der Waals surface area contributed by atoms with E-state index < -0.39 is 0 Å². The number of hydrogen-bond donors (Lipinski definition) is 2. The summed E-state index contributed by atoms with van der Waals surface area (Å²) in [6.07, 6.45) is 2.22. The molecule has 0 aliphatic heterocycles. The van der Waals surface area contributed by atoms with Crippen LogP contribution in [-0.4, -0.2) is 18.5 Å². The Hall–Kier alpha value is -1.35. The van der Waals surface area contributed by atoms with Crippen LogP contribution in [0.25, 0.3) is 0 Å². The molecule has 0 spiro atoms. The van der Waals surface area contributed by atoms with Crippen LogP contribution in [-0.2, 0) is 4.79 Å². The van der Waals surface area contributed by atoms with E-state index in [1.54, 1.807) is 0 Å². The predicted octanol–water partition coefficient (Wildman–Crippen LogP) is 3.45. The normalized spacial score (nSPS) is 14.5. The van der Waals surface area contributed by atoms with Gasteiger partial charge in [-0.05, 0) is 29.7 Å². The quantitative estimate of drug-likeness (QED) is 0.808. The first-order valence-electron chi connectivity index (χ1n) is 7.85. The second-order valence-electron chi connectivity index (χ2n) is 7.18. The minimum atomic E-state index is -0.0588. The van der Waals surface area contributed by atoms with Crippen molar-refractivity contribution < 1.29 is 4.79 Å². The molecule has 1 aromatic carbocycles. The molecule has 3 heteroatoms. The van der Waals surface area contributed by atoms with Gasteiger partial charge in [-0.2, -0.15) is 0 Å². The van der Waals surface area contributed by atoms with E-state index in [1.807, 2.05) is 6.07 Å². The molecule has 0 bridgehead atoms. The summed E-state index contributed by atoms with van der Waals surface area (Å²) in [5.41, 5.74) is 7.51. The molecular weight excluding hydrogens is 260 g/mol. The molecule has 0 radical (unpaired) electrons. The van der Waals surface area contributed by atoms with Crippen LogP contribution in [0.4, 0.5) is 0 Å². The van der Waals surface area contributed by atoms with Crippen molar-refractivity contribution in [2.24, 2.45) is 11.1 Å². The summed E-state index contributed by atoms with van der Waals surface area (Å²) >= 11 is 0. The van der Waals surface area contributed by atoms with Gasteiger partial charge in [-0.1, -0.05) is 58.0 Å². The first-order valence-corrected chi connectivity index (χ1v) is 7.85. The Labute approximate surface area is 129 Å². The van der Waals surface area contributed by atoms with Gasteiger partial charge in [-0.3, -0.25) is 4.79 Å². The highest BCUT2D eigenvalue weighted by Gasteiger charge is 2.18. The van der Waals surface area contributed by atoms with Gasteiger partial charge >= 0.3 is 0 Å². The molecule has 2 atom stereocenters. The largest absolute Gasteiger partial charge is 0.356 e. The van der Waals surface area contributed by atoms with Gasteiger partial charge in [0.2, 0.25) is 5.91 Å². The molecule has 0 aliphatic carbocycles. The number of nitrogens with one attached hydrogen (secondary N) is 1. The van der Waals surface area contributed by atoms with Gasteiger partial charge in [0.1, 0.15) is 0 Å². The minimum Gasteiger partial charge on any atom is -0.356 e. The van der Waals surface area contributed by atoms with Gasteiger partial charge in [0.05, 0.1) is 0 Å². The topological polar surface area (TPSA) is 55.1 Å². The molecule has 0 aliphatic rings. The monoisotopic (exact) mass is 290 g/mol. The van der Waals surface area contributed by atoms with Crippen molar-refractivity contribution in [1.82, 2.24) is 5.32 Å². The van der Waals surface area contributed by atoms with Gasteiger partial charge in [-0.15, -0.1) is 0 Å². The van der Waals surface area contributed by atoms with Gasteiger partial charge in [0, 0.05) is 19.0 Å². The van der Waals surface area contributed by atoms with Gasteiger partial charge < -0.3 is 11.1 Å². The summed E-state index contributed by atoms with van der Waals surface area (Å²) in [4.78, 5) is 11.9. The van der Waals surface area contributed by atoms with E-state index in [0.29, 0.717) is 18.9 Å². The average molecular weight is 290 g/mol. The maximum Gasteiger partial charge on any atom is 0.221 e. The van der Waals surface area contributed by atoms with Crippen molar-refractivity contribution in [3.05, 3.63) is 35.9 Å². The van der Waals surface area contributed by atoms with E-state index in [-0.39, 0.29) is 17.4 Å². The molecular formula is C18H30N2O. The van der Waals surface area contributed by atoms with Crippen LogP contribution < -0.4 is 11.1 Å². The van der Waals surface area contributed by atoms with Crippen molar-refractivity contribution in [3.8, 4) is 0 Å². The molecule has 21 heavy (non-hydrogen) atoms. The number of amides is 1. The highest BCUT2D eigenvalue weighted by molar-refractivity contribution is 5.76. The fourth-order valence-electron chi connectivity index (χ4n) is 2.55. The summed E-state index contributed by atoms with van der Waals surface area (Å²) in [6, 6.07) is 10.3. The number of rotatable bonds is 7. The first-order chi connectivity index (χ1) is 9.78. The lowest BCUT2D eigenvalue weighted by molar-refractivity contribution is -0.121. The molecule has 0 saturated heterocycles. The number of hydrogen-bond acceptors (Lipinski definition) is 2. The van der Waals surface area contributed by atoms with Crippen LogP contribution in [0.3, 0.4) is 0 Å². The maximum atomic E-state index is 11.9. The maximum absolute atomic E-state index is 11.9. The molecule has 0 saturated carbocycles. The van der Waals surface area contributed by atoms with Crippen molar-refractivity contribution in [3.63, 3.8) is 0 Å². The van der Waals surface area contributed by atoms with Gasteiger partial charge in [-0.25, -0.2) is 0 Å². The third-order valence-corrected chi connectivity index (χ3v) is 3.59. The first kappa shape index (κ1) is 17.7. The van der Waals surface area contributed by atoms with Crippen LogP contribution in [0.1, 0.15) is 58.4 Å². The zero-order valence-electron chi connectivity index (χ0n) is 13.9. The van der Waals surface area contributed by atoms with Crippen LogP contribution in [0, 0.1) is 5.41 Å². The Morgan fingerprint density at radius 3 is 2.43 bits per heavy atom. The Kier molecular flexibility index (Phi) is 6.90. The number of benzene rings is 1. The summed E-state index contributed by atoms with van der Waals surface area (Å²) < 4.78 is 0. The van der Waals surface area contributed by atoms with E-state index >= 15 is 0 Å². The van der Waals surface area contributed by atoms with Crippen LogP contribution in [0.5, 0.6) is 0 Å². The third kappa shape index (κ3) is 7.86. The third-order valence-electron chi connectivity index (χ3n) is 3.59. The molecule has 0 heterocycles. The van der Waals surface area contributed by atoms with Crippen molar-refractivity contribution >= 4 is 5.91 Å². The number of carbonyl (C=O) groups is 1. The molecule has 3 nitrogen and oxygen atoms in total. The summed E-state index contributed by atoms with van der Waals surface area (Å²) in [7, 11) is 0. The second-order valence-corrected chi connectivity index (χ2v) is 7.18. The zero-order valence-corrected chi connectivity index (χ0v) is 13.9. The van der Waals surface area contributed by atoms with E-state index in [1.165, 1.54) is 5.56 Å². The summed E-state index contributed by atoms with van der Waals surface area (Å²) in [5, 5.41) is 2.98. The summed E-state index contributed by atoms with van der Waals surface area (Å²) in [6.45, 7) is 9.33. The fourth-order valence-corrected chi connectivity index (χ4v) is 2.55. The molecule has 1 aromatic rings.